The zero-order chi connectivity index (χ0) is 25.3. The van der Waals surface area contributed by atoms with Crippen molar-refractivity contribution < 1.29 is 23.8 Å². The molecule has 0 saturated carbocycles. The number of methoxy groups -OCH3 is 2. The molecule has 1 amide bonds. The number of carbonyl (C=O) groups is 2. The highest BCUT2D eigenvalue weighted by Gasteiger charge is 2.13. The van der Waals surface area contributed by atoms with Crippen LogP contribution in [0.2, 0.25) is 0 Å². The number of ether oxygens (including phenoxy) is 3. The molecule has 0 spiro atoms. The molecule has 4 rings (SSSR count). The number of hydrogen-bond donors (Lipinski definition) is 2. The summed E-state index contributed by atoms with van der Waals surface area (Å²) in [6.45, 7) is 0.416. The molecule has 182 valence electrons. The molecular formula is C27H24N4O5. The number of nitrogens with zero attached hydrogens (tertiary/aromatic N) is 2. The number of H-pyrrole nitrogens is 1. The summed E-state index contributed by atoms with van der Waals surface area (Å²) in [4.78, 5) is 23.9. The van der Waals surface area contributed by atoms with Gasteiger partial charge in [0, 0.05) is 5.56 Å². The molecule has 0 aliphatic rings. The van der Waals surface area contributed by atoms with Crippen LogP contribution in [0.1, 0.15) is 32.0 Å². The maximum absolute atomic E-state index is 12.5. The fraction of sp³-hybridized carbons (Fsp3) is 0.111. The van der Waals surface area contributed by atoms with Gasteiger partial charge in [-0.2, -0.15) is 10.2 Å². The first-order valence-corrected chi connectivity index (χ1v) is 11.0. The Morgan fingerprint density at radius 2 is 1.75 bits per heavy atom. The molecule has 2 N–H and O–H groups in total. The Labute approximate surface area is 207 Å². The first-order chi connectivity index (χ1) is 17.6. The number of rotatable bonds is 9. The maximum Gasteiger partial charge on any atom is 0.337 e. The lowest BCUT2D eigenvalue weighted by Gasteiger charge is -2.11. The van der Waals surface area contributed by atoms with Crippen LogP contribution in [-0.2, 0) is 11.3 Å². The van der Waals surface area contributed by atoms with Crippen LogP contribution in [0.15, 0.2) is 84.0 Å². The van der Waals surface area contributed by atoms with E-state index in [1.807, 2.05) is 36.4 Å². The lowest BCUT2D eigenvalue weighted by Crippen LogP contribution is -2.18. The first kappa shape index (κ1) is 24.2. The molecule has 9 nitrogen and oxygen atoms in total. The molecule has 0 aliphatic carbocycles. The third-order valence-electron chi connectivity index (χ3n) is 5.23. The summed E-state index contributed by atoms with van der Waals surface area (Å²) in [6, 6.07) is 23.5. The topological polar surface area (TPSA) is 115 Å². The predicted molar refractivity (Wildman–Crippen MR) is 134 cm³/mol. The van der Waals surface area contributed by atoms with Crippen molar-refractivity contribution in [2.24, 2.45) is 5.10 Å². The normalized spacial score (nSPS) is 10.7. The van der Waals surface area contributed by atoms with Crippen LogP contribution in [0.5, 0.6) is 11.5 Å². The van der Waals surface area contributed by atoms with Crippen molar-refractivity contribution in [2.45, 2.75) is 6.61 Å². The second-order valence-electron chi connectivity index (χ2n) is 7.62. The number of esters is 1. The van der Waals surface area contributed by atoms with Crippen molar-refractivity contribution in [1.29, 1.82) is 0 Å². The molecule has 4 aromatic rings. The van der Waals surface area contributed by atoms with Crippen molar-refractivity contribution in [2.75, 3.05) is 14.2 Å². The van der Waals surface area contributed by atoms with Gasteiger partial charge in [-0.15, -0.1) is 0 Å². The van der Waals surface area contributed by atoms with Gasteiger partial charge in [0.2, 0.25) is 0 Å². The second kappa shape index (κ2) is 11.5. The minimum absolute atomic E-state index is 0.242. The van der Waals surface area contributed by atoms with Gasteiger partial charge in [-0.05, 0) is 47.5 Å². The van der Waals surface area contributed by atoms with Crippen molar-refractivity contribution >= 4 is 18.1 Å². The molecule has 0 fully saturated rings. The first-order valence-electron chi connectivity index (χ1n) is 11.0. The summed E-state index contributed by atoms with van der Waals surface area (Å²) in [5.74, 6) is 0.285. The molecule has 0 radical (unpaired) electrons. The summed E-state index contributed by atoms with van der Waals surface area (Å²) in [5.41, 5.74) is 6.19. The summed E-state index contributed by atoms with van der Waals surface area (Å²) in [7, 11) is 2.89. The Kier molecular flexibility index (Phi) is 7.72. The van der Waals surface area contributed by atoms with E-state index in [2.05, 4.69) is 25.5 Å². The van der Waals surface area contributed by atoms with Gasteiger partial charge in [-0.3, -0.25) is 9.89 Å². The van der Waals surface area contributed by atoms with E-state index in [9.17, 15) is 9.59 Å². The molecule has 0 aliphatic heterocycles. The highest BCUT2D eigenvalue weighted by atomic mass is 16.5. The third kappa shape index (κ3) is 5.95. The standard InChI is InChI=1S/C27H24N4O5/c1-34-25-14-21(12-13-24(25)36-17-19-6-4-3-5-7-19)22-15-23(30-29-22)26(32)31-28-16-18-8-10-20(11-9-18)27(33)35-2/h3-16H,17H2,1-2H3,(H,29,30)(H,31,32). The summed E-state index contributed by atoms with van der Waals surface area (Å²) in [6.07, 6.45) is 1.47. The van der Waals surface area contributed by atoms with Gasteiger partial charge in [0.25, 0.3) is 5.91 Å². The van der Waals surface area contributed by atoms with E-state index in [-0.39, 0.29) is 5.69 Å². The molecule has 1 aromatic heterocycles. The van der Waals surface area contributed by atoms with Gasteiger partial charge in [-0.25, -0.2) is 10.2 Å². The van der Waals surface area contributed by atoms with Gasteiger partial charge >= 0.3 is 5.97 Å². The van der Waals surface area contributed by atoms with Crippen LogP contribution in [0.4, 0.5) is 0 Å². The van der Waals surface area contributed by atoms with Gasteiger partial charge in [-0.1, -0.05) is 42.5 Å². The van der Waals surface area contributed by atoms with Crippen LogP contribution in [-0.4, -0.2) is 42.5 Å². The average molecular weight is 485 g/mol. The van der Waals surface area contributed by atoms with Crippen molar-refractivity contribution in [3.8, 4) is 22.8 Å². The molecule has 0 saturated heterocycles. The number of hydrazone groups is 1. The molecule has 0 bridgehead atoms. The summed E-state index contributed by atoms with van der Waals surface area (Å²) >= 11 is 0. The monoisotopic (exact) mass is 484 g/mol. The van der Waals surface area contributed by atoms with E-state index < -0.39 is 11.9 Å². The van der Waals surface area contributed by atoms with E-state index in [1.165, 1.54) is 13.3 Å². The number of carbonyl (C=O) groups excluding carboxylic acids is 2. The lowest BCUT2D eigenvalue weighted by atomic mass is 10.1. The third-order valence-corrected chi connectivity index (χ3v) is 5.23. The van der Waals surface area contributed by atoms with E-state index in [0.29, 0.717) is 34.9 Å². The van der Waals surface area contributed by atoms with Gasteiger partial charge < -0.3 is 14.2 Å². The summed E-state index contributed by atoms with van der Waals surface area (Å²) in [5, 5.41) is 10.9. The zero-order valence-corrected chi connectivity index (χ0v) is 19.7. The van der Waals surface area contributed by atoms with E-state index >= 15 is 0 Å². The predicted octanol–water partition coefficient (Wildman–Crippen LogP) is 4.21. The smallest absolute Gasteiger partial charge is 0.337 e. The number of nitrogens with one attached hydrogen (secondary N) is 2. The molecule has 36 heavy (non-hydrogen) atoms. The number of hydrogen-bond acceptors (Lipinski definition) is 7. The molecule has 0 atom stereocenters. The highest BCUT2D eigenvalue weighted by molar-refractivity contribution is 5.94. The molecule has 3 aromatic carbocycles. The quantitative estimate of drug-likeness (QED) is 0.209. The Balaban J connectivity index is 1.38. The van der Waals surface area contributed by atoms with Crippen LogP contribution in [0, 0.1) is 0 Å². The number of aromatic amines is 1. The van der Waals surface area contributed by atoms with Crippen molar-refractivity contribution in [3.63, 3.8) is 0 Å². The number of aromatic nitrogens is 2. The fourth-order valence-corrected chi connectivity index (χ4v) is 3.32. The minimum Gasteiger partial charge on any atom is -0.493 e. The number of benzene rings is 3. The number of amides is 1. The van der Waals surface area contributed by atoms with Crippen LogP contribution < -0.4 is 14.9 Å². The average Bonchev–Trinajstić information content (AvgIpc) is 3.43. The zero-order valence-electron chi connectivity index (χ0n) is 19.7. The SMILES string of the molecule is COC(=O)c1ccc(C=NNC(=O)c2cc(-c3ccc(OCc4ccccc4)c(OC)c3)n[nH]2)cc1. The maximum atomic E-state index is 12.5. The van der Waals surface area contributed by atoms with Gasteiger partial charge in [0.1, 0.15) is 12.3 Å². The largest absolute Gasteiger partial charge is 0.493 e. The van der Waals surface area contributed by atoms with Gasteiger partial charge in [0.05, 0.1) is 31.7 Å². The molecule has 1 heterocycles. The van der Waals surface area contributed by atoms with Crippen molar-refractivity contribution in [3.05, 3.63) is 101 Å². The van der Waals surface area contributed by atoms with Crippen LogP contribution in [0.25, 0.3) is 11.3 Å². The van der Waals surface area contributed by atoms with Crippen LogP contribution >= 0.6 is 0 Å². The molecule has 0 unspecified atom stereocenters. The Hall–Kier alpha value is -4.92. The summed E-state index contributed by atoms with van der Waals surface area (Å²) < 4.78 is 16.0. The Morgan fingerprint density at radius 1 is 0.972 bits per heavy atom. The highest BCUT2D eigenvalue weighted by Crippen LogP contribution is 2.32. The van der Waals surface area contributed by atoms with Crippen LogP contribution in [0.3, 0.4) is 0 Å². The van der Waals surface area contributed by atoms with E-state index in [4.69, 9.17) is 9.47 Å². The second-order valence-corrected chi connectivity index (χ2v) is 7.62. The Morgan fingerprint density at radius 3 is 2.47 bits per heavy atom. The van der Waals surface area contributed by atoms with Gasteiger partial charge in [0.15, 0.2) is 11.5 Å². The molecule has 9 heteroatoms. The lowest BCUT2D eigenvalue weighted by molar-refractivity contribution is 0.0600. The fourth-order valence-electron chi connectivity index (χ4n) is 3.32. The van der Waals surface area contributed by atoms with E-state index in [0.717, 1.165) is 11.1 Å². The van der Waals surface area contributed by atoms with E-state index in [1.54, 1.807) is 49.6 Å². The Bertz CT molecular complexity index is 1360. The minimum atomic E-state index is -0.453. The molecular weight excluding hydrogens is 460 g/mol. The van der Waals surface area contributed by atoms with Crippen molar-refractivity contribution in [1.82, 2.24) is 15.6 Å².